The average molecular weight is 1070 g/mol. The standard InChI is InChI=1S/C48H40ClF6N7O11S/c49-36-25-58-45(62-42(36)59-27-2-7-31(8-3-27)72-47(50,51)52)61-37-12-1-26(21-40(37)73-48(53,54)55)43(65)56-13-15-68-17-19-70-20-18-69-16-14-57-46(74)60-28-4-9-32(35(22-28)44(66)67)41-33-10-5-29(63)23-38(33)71-39-24-30(64)6-11-34(39)41/h1-12,21-25,63H,13-20H2,(H,56,65)(H,66,67)(H2,57,60,74)(H2,58,59,61,62). The summed E-state index contributed by atoms with van der Waals surface area (Å²) < 4.78 is 108. The van der Waals surface area contributed by atoms with Crippen molar-refractivity contribution in [3.8, 4) is 39.7 Å². The second-order valence-electron chi connectivity index (χ2n) is 15.3. The largest absolute Gasteiger partial charge is 0.573 e. The summed E-state index contributed by atoms with van der Waals surface area (Å²) in [6.45, 7) is 1.39. The molecule has 0 saturated heterocycles. The molecular formula is C48H40ClF6N7O11S. The molecule has 1 aliphatic carbocycles. The number of nitrogens with zero attached hydrogens (tertiary/aromatic N) is 2. The molecule has 2 aliphatic rings. The van der Waals surface area contributed by atoms with Crippen molar-refractivity contribution in [3.05, 3.63) is 130 Å². The summed E-state index contributed by atoms with van der Waals surface area (Å²) in [6, 6.07) is 21.1. The van der Waals surface area contributed by atoms with Crippen LogP contribution in [0.3, 0.4) is 0 Å². The number of aromatic carboxylic acids is 1. The SMILES string of the molecule is O=C(NCCOCCOCCOCCNC(=S)Nc1ccc(-c2c3ccc(=O)cc-3oc3cc(O)ccc23)c(C(=O)O)c1)c1ccc(Nc2ncc(Cl)c(Nc3ccc(OC(F)(F)F)cc3)n2)c(OC(F)(F)F)c1. The number of alkyl halides is 6. The lowest BCUT2D eigenvalue weighted by atomic mass is 9.90. The second-order valence-corrected chi connectivity index (χ2v) is 16.1. The zero-order valence-electron chi connectivity index (χ0n) is 38.0. The van der Waals surface area contributed by atoms with Crippen molar-refractivity contribution >= 4 is 80.6 Å². The third-order valence-corrected chi connectivity index (χ3v) is 10.6. The molecule has 0 spiro atoms. The summed E-state index contributed by atoms with van der Waals surface area (Å²) in [5.74, 6) is -3.37. The number of phenols is 1. The fourth-order valence-corrected chi connectivity index (χ4v) is 7.31. The average Bonchev–Trinajstić information content (AvgIpc) is 3.33. The minimum Gasteiger partial charge on any atom is -0.508 e. The molecule has 388 valence electrons. The summed E-state index contributed by atoms with van der Waals surface area (Å²) in [5.41, 5.74) is 1.43. The van der Waals surface area contributed by atoms with Crippen LogP contribution in [0.5, 0.6) is 17.2 Å². The van der Waals surface area contributed by atoms with Crippen molar-refractivity contribution < 1.29 is 74.2 Å². The van der Waals surface area contributed by atoms with E-state index in [0.717, 1.165) is 30.5 Å². The Morgan fingerprint density at radius 1 is 0.730 bits per heavy atom. The number of phenolic OH excluding ortho intramolecular Hbond substituents is 1. The number of aromatic nitrogens is 2. The third-order valence-electron chi connectivity index (χ3n) is 10.1. The van der Waals surface area contributed by atoms with Crippen LogP contribution in [0.2, 0.25) is 5.02 Å². The molecule has 1 aromatic heterocycles. The monoisotopic (exact) mass is 1070 g/mol. The molecule has 26 heteroatoms. The van der Waals surface area contributed by atoms with Crippen molar-refractivity contribution in [2.75, 3.05) is 68.7 Å². The van der Waals surface area contributed by atoms with Crippen LogP contribution in [0.15, 0.2) is 112 Å². The minimum absolute atomic E-state index is 0.00316. The van der Waals surface area contributed by atoms with Gasteiger partial charge in [-0.15, -0.1) is 26.3 Å². The minimum atomic E-state index is -5.15. The molecule has 1 aliphatic heterocycles. The number of rotatable bonds is 22. The van der Waals surface area contributed by atoms with Gasteiger partial charge in [0.2, 0.25) is 5.95 Å². The highest BCUT2D eigenvalue weighted by Crippen LogP contribution is 2.43. The third kappa shape index (κ3) is 15.3. The van der Waals surface area contributed by atoms with Crippen molar-refractivity contribution in [2.45, 2.75) is 12.7 Å². The number of amides is 1. The maximum atomic E-state index is 13.4. The Hall–Kier alpha value is -7.97. The molecule has 0 fully saturated rings. The smallest absolute Gasteiger partial charge is 0.508 e. The fourth-order valence-electron chi connectivity index (χ4n) is 6.95. The molecule has 0 saturated carbocycles. The van der Waals surface area contributed by atoms with E-state index >= 15 is 0 Å². The number of thiocarbonyl (C=S) groups is 1. The summed E-state index contributed by atoms with van der Waals surface area (Å²) >= 11 is 11.6. The number of hydrogen-bond acceptors (Lipinski definition) is 15. The van der Waals surface area contributed by atoms with Crippen molar-refractivity contribution in [2.24, 2.45) is 0 Å². The van der Waals surface area contributed by atoms with Gasteiger partial charge in [-0.2, -0.15) is 4.98 Å². The number of carboxylic acid groups (broad SMARTS) is 1. The van der Waals surface area contributed by atoms with Gasteiger partial charge in [-0.3, -0.25) is 9.59 Å². The quantitative estimate of drug-likeness (QED) is 0.0145. The molecule has 1 amide bonds. The number of fused-ring (bicyclic) bond motifs is 2. The van der Waals surface area contributed by atoms with Crippen molar-refractivity contribution in [3.63, 3.8) is 0 Å². The molecule has 18 nitrogen and oxygen atoms in total. The van der Waals surface area contributed by atoms with E-state index < -0.39 is 36.1 Å². The molecule has 7 rings (SSSR count). The Morgan fingerprint density at radius 3 is 2.08 bits per heavy atom. The maximum absolute atomic E-state index is 13.4. The first kappa shape index (κ1) is 53.8. The van der Waals surface area contributed by atoms with E-state index in [4.69, 9.17) is 42.4 Å². The molecule has 0 bridgehead atoms. The second kappa shape index (κ2) is 24.2. The number of carbonyl (C=O) groups is 2. The van der Waals surface area contributed by atoms with Crippen molar-refractivity contribution in [1.29, 1.82) is 0 Å². The lowest BCUT2D eigenvalue weighted by Gasteiger charge is -2.18. The van der Waals surface area contributed by atoms with Crippen LogP contribution in [0.4, 0.5) is 55.2 Å². The van der Waals surface area contributed by atoms with Gasteiger partial charge in [0.05, 0.1) is 57.1 Å². The summed E-state index contributed by atoms with van der Waals surface area (Å²) in [4.78, 5) is 45.6. The lowest BCUT2D eigenvalue weighted by Crippen LogP contribution is -2.31. The van der Waals surface area contributed by atoms with Crippen molar-refractivity contribution in [1.82, 2.24) is 20.6 Å². The van der Waals surface area contributed by atoms with Crippen LogP contribution in [0, 0.1) is 0 Å². The Balaban J connectivity index is 0.792. The number of ether oxygens (including phenoxy) is 5. The number of aromatic hydroxyl groups is 1. The number of benzene rings is 5. The summed E-state index contributed by atoms with van der Waals surface area (Å²) in [7, 11) is 0. The topological polar surface area (TPSA) is 237 Å². The predicted octanol–water partition coefficient (Wildman–Crippen LogP) is 9.46. The highest BCUT2D eigenvalue weighted by atomic mass is 35.5. The Labute approximate surface area is 424 Å². The van der Waals surface area contributed by atoms with Gasteiger partial charge in [0.25, 0.3) is 5.91 Å². The molecule has 4 aromatic carbocycles. The molecule has 0 atom stereocenters. The van der Waals surface area contributed by atoms with E-state index in [1.54, 1.807) is 24.3 Å². The first-order chi connectivity index (χ1) is 35.3. The van der Waals surface area contributed by atoms with Crippen LogP contribution in [-0.4, -0.2) is 103 Å². The maximum Gasteiger partial charge on any atom is 0.573 e. The first-order valence-electron chi connectivity index (χ1n) is 21.7. The number of anilines is 5. The predicted molar refractivity (Wildman–Crippen MR) is 262 cm³/mol. The van der Waals surface area contributed by atoms with Gasteiger partial charge < -0.3 is 64.9 Å². The van der Waals surface area contributed by atoms with E-state index in [1.165, 1.54) is 48.5 Å². The van der Waals surface area contributed by atoms with E-state index in [0.29, 0.717) is 34.3 Å². The van der Waals surface area contributed by atoms with Gasteiger partial charge in [0.1, 0.15) is 27.9 Å². The molecule has 0 unspecified atom stereocenters. The van der Waals surface area contributed by atoms with Crippen LogP contribution in [0.1, 0.15) is 20.7 Å². The zero-order valence-corrected chi connectivity index (χ0v) is 39.6. The summed E-state index contributed by atoms with van der Waals surface area (Å²) in [6.07, 6.45) is -8.93. The number of carboxylic acids is 1. The zero-order chi connectivity index (χ0) is 53.0. The van der Waals surface area contributed by atoms with Crippen LogP contribution < -0.4 is 41.5 Å². The Morgan fingerprint density at radius 2 is 1.39 bits per heavy atom. The molecule has 0 radical (unpaired) electrons. The molecule has 5 aromatic rings. The van der Waals surface area contributed by atoms with Crippen LogP contribution >= 0.6 is 23.8 Å². The number of halogens is 7. The number of nitrogens with one attached hydrogen (secondary N) is 5. The number of carbonyl (C=O) groups excluding carboxylic acids is 1. The van der Waals surface area contributed by atoms with E-state index in [-0.39, 0.29) is 113 Å². The Bertz CT molecular complexity index is 3170. The van der Waals surface area contributed by atoms with Gasteiger partial charge in [0.15, 0.2) is 22.1 Å². The molecular weight excluding hydrogens is 1030 g/mol. The van der Waals surface area contributed by atoms with E-state index in [2.05, 4.69) is 46.0 Å². The highest BCUT2D eigenvalue weighted by Gasteiger charge is 2.33. The van der Waals surface area contributed by atoms with Crippen LogP contribution in [-0.2, 0) is 14.2 Å². The number of hydrogen-bond donors (Lipinski definition) is 7. The normalized spacial score (nSPS) is 11.6. The molecule has 7 N–H and O–H groups in total. The van der Waals surface area contributed by atoms with E-state index in [1.807, 2.05) is 0 Å². The Kier molecular flexibility index (Phi) is 17.6. The highest BCUT2D eigenvalue weighted by molar-refractivity contribution is 7.80. The van der Waals surface area contributed by atoms with Gasteiger partial charge in [-0.25, -0.2) is 9.78 Å². The first-order valence-corrected chi connectivity index (χ1v) is 22.5. The van der Waals surface area contributed by atoms with Gasteiger partial charge in [-0.05, 0) is 96.6 Å². The van der Waals surface area contributed by atoms with E-state index in [9.17, 15) is 50.9 Å². The molecule has 74 heavy (non-hydrogen) atoms. The summed E-state index contributed by atoms with van der Waals surface area (Å²) in [5, 5.41) is 34.8. The van der Waals surface area contributed by atoms with Gasteiger partial charge >= 0.3 is 18.7 Å². The fraction of sp³-hybridized carbons (Fsp3) is 0.208. The van der Waals surface area contributed by atoms with Crippen LogP contribution in [0.25, 0.3) is 33.4 Å². The van der Waals surface area contributed by atoms with Gasteiger partial charge in [0, 0.05) is 58.7 Å². The molecule has 2 heterocycles. The van der Waals surface area contributed by atoms with Gasteiger partial charge in [-0.1, -0.05) is 17.7 Å². The lowest BCUT2D eigenvalue weighted by molar-refractivity contribution is -0.275.